The summed E-state index contributed by atoms with van der Waals surface area (Å²) in [7, 11) is 0. The molecule has 0 aliphatic carbocycles. The van der Waals surface area contributed by atoms with Crippen LogP contribution in [0.25, 0.3) is 0 Å². The lowest BCUT2D eigenvalue weighted by molar-refractivity contribution is -0.142. The summed E-state index contributed by atoms with van der Waals surface area (Å²) in [5.41, 5.74) is 5.65. The third-order valence-corrected chi connectivity index (χ3v) is 3.65. The van der Waals surface area contributed by atoms with Crippen molar-refractivity contribution in [2.24, 2.45) is 5.73 Å². The van der Waals surface area contributed by atoms with Crippen LogP contribution in [0, 0.1) is 0 Å². The van der Waals surface area contributed by atoms with Gasteiger partial charge in [-0.05, 0) is 17.7 Å². The Bertz CT molecular complexity index is 765. The Morgan fingerprint density at radius 3 is 2.03 bits per heavy atom. The quantitative estimate of drug-likeness (QED) is 0.206. The molecule has 12 nitrogen and oxygen atoms in total. The van der Waals surface area contributed by atoms with Crippen LogP contribution in [0.3, 0.4) is 0 Å². The molecule has 0 aliphatic heterocycles. The van der Waals surface area contributed by atoms with Crippen LogP contribution < -0.4 is 21.7 Å². The minimum atomic E-state index is -1.44. The van der Waals surface area contributed by atoms with Crippen LogP contribution in [0.2, 0.25) is 0 Å². The van der Waals surface area contributed by atoms with Gasteiger partial charge in [0, 0.05) is 6.42 Å². The van der Waals surface area contributed by atoms with Gasteiger partial charge in [-0.2, -0.15) is 0 Å². The first-order chi connectivity index (χ1) is 13.6. The van der Waals surface area contributed by atoms with Gasteiger partial charge in [-0.25, -0.2) is 4.79 Å². The smallest absolute Gasteiger partial charge is 0.326 e. The lowest BCUT2D eigenvalue weighted by atomic mass is 10.1. The highest BCUT2D eigenvalue weighted by atomic mass is 16.4. The predicted octanol–water partition coefficient (Wildman–Crippen LogP) is -2.46. The molecule has 0 heterocycles. The second kappa shape index (κ2) is 11.2. The standard InChI is InChI=1S/C17H22N4O8/c18-7-13(23)20-11(6-15(25)26)16(27)19-8-14(24)21-12(17(28)29)5-9-1-3-10(22)4-2-9/h1-4,11-12,22H,5-8,18H2,(H,19,27)(H,20,23)(H,21,24)(H,25,26)(H,28,29). The fourth-order valence-electron chi connectivity index (χ4n) is 2.24. The fraction of sp³-hybridized carbons (Fsp3) is 0.353. The van der Waals surface area contributed by atoms with E-state index in [0.717, 1.165) is 0 Å². The topological polar surface area (TPSA) is 208 Å². The third-order valence-electron chi connectivity index (χ3n) is 3.65. The van der Waals surface area contributed by atoms with Gasteiger partial charge in [0.15, 0.2) is 0 Å². The second-order valence-corrected chi connectivity index (χ2v) is 5.97. The summed E-state index contributed by atoms with van der Waals surface area (Å²) in [5.74, 6) is -5.18. The average molecular weight is 410 g/mol. The van der Waals surface area contributed by atoms with Crippen molar-refractivity contribution in [3.63, 3.8) is 0 Å². The summed E-state index contributed by atoms with van der Waals surface area (Å²) >= 11 is 0. The van der Waals surface area contributed by atoms with Crippen LogP contribution in [0.4, 0.5) is 0 Å². The molecular weight excluding hydrogens is 388 g/mol. The number of benzene rings is 1. The summed E-state index contributed by atoms with van der Waals surface area (Å²) in [4.78, 5) is 57.5. The number of phenolic OH excluding ortho intramolecular Hbond substituents is 1. The van der Waals surface area contributed by atoms with Gasteiger partial charge in [0.2, 0.25) is 17.7 Å². The van der Waals surface area contributed by atoms with Crippen LogP contribution >= 0.6 is 0 Å². The number of carboxylic acid groups (broad SMARTS) is 2. The highest BCUT2D eigenvalue weighted by Gasteiger charge is 2.25. The largest absolute Gasteiger partial charge is 0.508 e. The van der Waals surface area contributed by atoms with E-state index in [-0.39, 0.29) is 12.2 Å². The summed E-state index contributed by atoms with van der Waals surface area (Å²) in [6.07, 6.45) is -0.790. The maximum absolute atomic E-state index is 12.0. The number of carbonyl (C=O) groups excluding carboxylic acids is 3. The lowest BCUT2D eigenvalue weighted by Crippen LogP contribution is -2.52. The number of amides is 3. The van der Waals surface area contributed by atoms with Crippen LogP contribution in [-0.2, 0) is 30.4 Å². The van der Waals surface area contributed by atoms with Gasteiger partial charge in [-0.15, -0.1) is 0 Å². The van der Waals surface area contributed by atoms with Crippen molar-refractivity contribution >= 4 is 29.7 Å². The summed E-state index contributed by atoms with van der Waals surface area (Å²) < 4.78 is 0. The van der Waals surface area contributed by atoms with Crippen LogP contribution in [0.5, 0.6) is 5.75 Å². The minimum absolute atomic E-state index is 0.00464. The first-order valence-corrected chi connectivity index (χ1v) is 8.41. The number of nitrogens with two attached hydrogens (primary N) is 1. The van der Waals surface area contributed by atoms with E-state index >= 15 is 0 Å². The maximum atomic E-state index is 12.0. The van der Waals surface area contributed by atoms with Gasteiger partial charge in [0.05, 0.1) is 19.5 Å². The molecule has 0 spiro atoms. The summed E-state index contributed by atoms with van der Waals surface area (Å²) in [6, 6.07) is 2.99. The molecular formula is C17H22N4O8. The molecule has 0 saturated heterocycles. The van der Waals surface area contributed by atoms with Gasteiger partial charge in [-0.3, -0.25) is 19.2 Å². The van der Waals surface area contributed by atoms with E-state index in [1.807, 2.05) is 0 Å². The van der Waals surface area contributed by atoms with Crippen LogP contribution in [0.15, 0.2) is 24.3 Å². The molecule has 1 aromatic rings. The molecule has 0 aromatic heterocycles. The van der Waals surface area contributed by atoms with Gasteiger partial charge >= 0.3 is 11.9 Å². The molecule has 29 heavy (non-hydrogen) atoms. The Morgan fingerprint density at radius 1 is 0.931 bits per heavy atom. The third kappa shape index (κ3) is 8.71. The zero-order valence-corrected chi connectivity index (χ0v) is 15.3. The zero-order valence-electron chi connectivity index (χ0n) is 15.3. The van der Waals surface area contributed by atoms with Gasteiger partial charge in [0.25, 0.3) is 0 Å². The van der Waals surface area contributed by atoms with Crippen LogP contribution in [-0.4, -0.2) is 70.2 Å². The first kappa shape index (κ1) is 23.4. The van der Waals surface area contributed by atoms with E-state index in [0.29, 0.717) is 5.56 Å². The molecule has 12 heteroatoms. The van der Waals surface area contributed by atoms with Gasteiger partial charge in [-0.1, -0.05) is 12.1 Å². The summed E-state index contributed by atoms with van der Waals surface area (Å²) in [5, 5.41) is 33.8. The number of hydrogen-bond donors (Lipinski definition) is 7. The van der Waals surface area contributed by atoms with Crippen molar-refractivity contribution in [3.8, 4) is 5.75 Å². The Balaban J connectivity index is 2.63. The zero-order chi connectivity index (χ0) is 22.0. The summed E-state index contributed by atoms with van der Waals surface area (Å²) in [6.45, 7) is -1.09. The molecule has 0 radical (unpaired) electrons. The van der Waals surface area contributed by atoms with E-state index in [4.69, 9.17) is 10.8 Å². The molecule has 1 aromatic carbocycles. The minimum Gasteiger partial charge on any atom is -0.508 e. The molecule has 158 valence electrons. The predicted molar refractivity (Wildman–Crippen MR) is 97.6 cm³/mol. The van der Waals surface area contributed by atoms with Crippen molar-refractivity contribution in [1.82, 2.24) is 16.0 Å². The Morgan fingerprint density at radius 2 is 1.52 bits per heavy atom. The maximum Gasteiger partial charge on any atom is 0.326 e. The molecule has 8 N–H and O–H groups in total. The van der Waals surface area contributed by atoms with Crippen molar-refractivity contribution in [3.05, 3.63) is 29.8 Å². The molecule has 2 unspecified atom stereocenters. The first-order valence-electron chi connectivity index (χ1n) is 8.41. The number of carbonyl (C=O) groups is 5. The molecule has 0 fully saturated rings. The van der Waals surface area contributed by atoms with E-state index in [2.05, 4.69) is 16.0 Å². The Hall–Kier alpha value is -3.67. The Kier molecular flexibility index (Phi) is 9.05. The van der Waals surface area contributed by atoms with Crippen LogP contribution in [0.1, 0.15) is 12.0 Å². The van der Waals surface area contributed by atoms with E-state index < -0.39 is 61.3 Å². The van der Waals surface area contributed by atoms with Gasteiger partial charge < -0.3 is 37.0 Å². The van der Waals surface area contributed by atoms with E-state index in [1.165, 1.54) is 24.3 Å². The number of nitrogens with one attached hydrogen (secondary N) is 3. The molecule has 3 amide bonds. The molecule has 0 aliphatic rings. The molecule has 0 saturated carbocycles. The second-order valence-electron chi connectivity index (χ2n) is 5.97. The molecule has 1 rings (SSSR count). The van der Waals surface area contributed by atoms with Gasteiger partial charge in [0.1, 0.15) is 17.8 Å². The molecule has 2 atom stereocenters. The number of hydrogen-bond acceptors (Lipinski definition) is 7. The normalized spacial score (nSPS) is 12.3. The van der Waals surface area contributed by atoms with Crippen molar-refractivity contribution in [1.29, 1.82) is 0 Å². The highest BCUT2D eigenvalue weighted by molar-refractivity contribution is 5.93. The SMILES string of the molecule is NCC(=O)NC(CC(=O)O)C(=O)NCC(=O)NC(Cc1ccc(O)cc1)C(=O)O. The van der Waals surface area contributed by atoms with E-state index in [1.54, 1.807) is 0 Å². The van der Waals surface area contributed by atoms with Crippen molar-refractivity contribution < 1.29 is 39.3 Å². The number of aliphatic carboxylic acids is 2. The van der Waals surface area contributed by atoms with Crippen molar-refractivity contribution in [2.45, 2.75) is 24.9 Å². The highest BCUT2D eigenvalue weighted by Crippen LogP contribution is 2.11. The molecule has 0 bridgehead atoms. The lowest BCUT2D eigenvalue weighted by Gasteiger charge is -2.18. The van der Waals surface area contributed by atoms with Crippen molar-refractivity contribution in [2.75, 3.05) is 13.1 Å². The number of carboxylic acids is 2. The monoisotopic (exact) mass is 410 g/mol. The Labute approximate surface area is 165 Å². The average Bonchev–Trinajstić information content (AvgIpc) is 2.66. The van der Waals surface area contributed by atoms with E-state index in [9.17, 15) is 34.2 Å². The fourth-order valence-corrected chi connectivity index (χ4v) is 2.24. The number of aromatic hydroxyl groups is 1. The number of phenols is 1. The number of rotatable bonds is 11.